The van der Waals surface area contributed by atoms with E-state index >= 15 is 0 Å². The third kappa shape index (κ3) is 3.38. The van der Waals surface area contributed by atoms with Crippen molar-refractivity contribution in [1.29, 1.82) is 0 Å². The van der Waals surface area contributed by atoms with Crippen LogP contribution in [0.1, 0.15) is 17.3 Å². The predicted octanol–water partition coefficient (Wildman–Crippen LogP) is 3.89. The highest BCUT2D eigenvalue weighted by molar-refractivity contribution is 6.07. The second-order valence-electron chi connectivity index (χ2n) is 4.78. The number of carboxylic acid groups (broad SMARTS) is 1. The standard InChI is InChI=1S/C17H15N3O3.ClH/c1-2-23-14-9-4-3-7-12(14)20-16-15-11(17(21)22)6-5-8-13(15)18-10-19-16;/h3-10H,2H2,1H3,(H,21,22)(H,18,19,20);1H. The van der Waals surface area contributed by atoms with Crippen molar-refractivity contribution in [1.82, 2.24) is 9.97 Å². The van der Waals surface area contributed by atoms with Crippen LogP contribution >= 0.6 is 12.4 Å². The van der Waals surface area contributed by atoms with Gasteiger partial charge in [0.25, 0.3) is 0 Å². The van der Waals surface area contributed by atoms with Crippen LogP contribution in [0.4, 0.5) is 11.5 Å². The van der Waals surface area contributed by atoms with E-state index in [2.05, 4.69) is 15.3 Å². The van der Waals surface area contributed by atoms with Gasteiger partial charge in [-0.3, -0.25) is 0 Å². The molecule has 0 aliphatic carbocycles. The van der Waals surface area contributed by atoms with Crippen LogP contribution in [0.3, 0.4) is 0 Å². The third-order valence-electron chi connectivity index (χ3n) is 3.33. The molecular weight excluding hydrogens is 330 g/mol. The summed E-state index contributed by atoms with van der Waals surface area (Å²) < 4.78 is 5.58. The van der Waals surface area contributed by atoms with Crippen molar-refractivity contribution in [3.05, 3.63) is 54.4 Å². The average Bonchev–Trinajstić information content (AvgIpc) is 2.56. The number of carboxylic acids is 1. The first-order valence-electron chi connectivity index (χ1n) is 7.16. The highest BCUT2D eigenvalue weighted by atomic mass is 35.5. The highest BCUT2D eigenvalue weighted by Crippen LogP contribution is 2.31. The molecule has 124 valence electrons. The summed E-state index contributed by atoms with van der Waals surface area (Å²) in [5, 5.41) is 13.0. The number of anilines is 2. The van der Waals surface area contributed by atoms with Gasteiger partial charge in [-0.05, 0) is 31.2 Å². The molecule has 0 atom stereocenters. The topological polar surface area (TPSA) is 84.3 Å². The molecule has 3 aromatic rings. The molecule has 0 spiro atoms. The number of carbonyl (C=O) groups is 1. The lowest BCUT2D eigenvalue weighted by atomic mass is 10.1. The Kier molecular flexibility index (Phi) is 5.55. The number of hydrogen-bond donors (Lipinski definition) is 2. The largest absolute Gasteiger partial charge is 0.492 e. The number of fused-ring (bicyclic) bond motifs is 1. The zero-order valence-corrected chi connectivity index (χ0v) is 13.7. The zero-order valence-electron chi connectivity index (χ0n) is 12.9. The summed E-state index contributed by atoms with van der Waals surface area (Å²) in [5.41, 5.74) is 1.44. The molecule has 2 N–H and O–H groups in total. The number of nitrogens with one attached hydrogen (secondary N) is 1. The molecule has 6 nitrogen and oxygen atoms in total. The Labute approximate surface area is 144 Å². The number of nitrogens with zero attached hydrogens (tertiary/aromatic N) is 2. The van der Waals surface area contributed by atoms with Crippen molar-refractivity contribution in [2.24, 2.45) is 0 Å². The van der Waals surface area contributed by atoms with Crippen molar-refractivity contribution in [3.63, 3.8) is 0 Å². The number of benzene rings is 2. The Morgan fingerprint density at radius 3 is 2.71 bits per heavy atom. The van der Waals surface area contributed by atoms with Crippen LogP contribution in [0.2, 0.25) is 0 Å². The second kappa shape index (κ2) is 7.61. The van der Waals surface area contributed by atoms with Gasteiger partial charge in [0, 0.05) is 0 Å². The summed E-state index contributed by atoms with van der Waals surface area (Å²) in [6, 6.07) is 12.4. The summed E-state index contributed by atoms with van der Waals surface area (Å²) in [4.78, 5) is 19.8. The first-order chi connectivity index (χ1) is 11.2. The van der Waals surface area contributed by atoms with Gasteiger partial charge in [0.15, 0.2) is 0 Å². The predicted molar refractivity (Wildman–Crippen MR) is 94.6 cm³/mol. The van der Waals surface area contributed by atoms with Crippen LogP contribution < -0.4 is 10.1 Å². The van der Waals surface area contributed by atoms with Gasteiger partial charge in [-0.2, -0.15) is 0 Å². The van der Waals surface area contributed by atoms with Crippen molar-refractivity contribution in [3.8, 4) is 5.75 Å². The van der Waals surface area contributed by atoms with E-state index in [0.717, 1.165) is 5.69 Å². The van der Waals surface area contributed by atoms with Crippen molar-refractivity contribution >= 4 is 40.8 Å². The summed E-state index contributed by atoms with van der Waals surface area (Å²) in [6.45, 7) is 2.43. The number of aromatic nitrogens is 2. The molecule has 0 amide bonds. The first kappa shape index (κ1) is 17.5. The first-order valence-corrected chi connectivity index (χ1v) is 7.16. The number of ether oxygens (including phenoxy) is 1. The minimum Gasteiger partial charge on any atom is -0.492 e. The summed E-state index contributed by atoms with van der Waals surface area (Å²) in [6.07, 6.45) is 1.40. The van der Waals surface area contributed by atoms with Crippen LogP contribution in [0.25, 0.3) is 10.9 Å². The number of halogens is 1. The molecule has 0 aliphatic heterocycles. The smallest absolute Gasteiger partial charge is 0.336 e. The number of rotatable bonds is 5. The fraction of sp³-hybridized carbons (Fsp3) is 0.118. The fourth-order valence-corrected chi connectivity index (χ4v) is 2.36. The molecule has 24 heavy (non-hydrogen) atoms. The molecule has 1 aromatic heterocycles. The molecule has 7 heteroatoms. The maximum atomic E-state index is 11.5. The monoisotopic (exact) mass is 345 g/mol. The maximum absolute atomic E-state index is 11.5. The second-order valence-corrected chi connectivity index (χ2v) is 4.78. The number of para-hydroxylation sites is 2. The highest BCUT2D eigenvalue weighted by Gasteiger charge is 2.15. The SMILES string of the molecule is CCOc1ccccc1Nc1ncnc2cccc(C(=O)O)c12.Cl. The minimum atomic E-state index is -1.02. The lowest BCUT2D eigenvalue weighted by molar-refractivity contribution is 0.0699. The van der Waals surface area contributed by atoms with E-state index < -0.39 is 5.97 Å². The van der Waals surface area contributed by atoms with Crippen LogP contribution in [0, 0.1) is 0 Å². The Bertz CT molecular complexity index is 865. The molecular formula is C17H16ClN3O3. The Morgan fingerprint density at radius 1 is 1.17 bits per heavy atom. The van der Waals surface area contributed by atoms with Gasteiger partial charge in [0.05, 0.1) is 28.8 Å². The molecule has 0 saturated heterocycles. The van der Waals surface area contributed by atoms with Crippen LogP contribution in [-0.2, 0) is 0 Å². The van der Waals surface area contributed by atoms with E-state index in [1.807, 2.05) is 31.2 Å². The molecule has 3 rings (SSSR count). The minimum absolute atomic E-state index is 0. The van der Waals surface area contributed by atoms with E-state index in [-0.39, 0.29) is 18.0 Å². The van der Waals surface area contributed by atoms with Gasteiger partial charge in [0.2, 0.25) is 0 Å². The van der Waals surface area contributed by atoms with Gasteiger partial charge < -0.3 is 15.2 Å². The van der Waals surface area contributed by atoms with Crippen molar-refractivity contribution in [2.45, 2.75) is 6.92 Å². The van der Waals surface area contributed by atoms with E-state index in [1.165, 1.54) is 12.4 Å². The van der Waals surface area contributed by atoms with Crippen molar-refractivity contribution in [2.75, 3.05) is 11.9 Å². The van der Waals surface area contributed by atoms with Gasteiger partial charge in [0.1, 0.15) is 17.9 Å². The van der Waals surface area contributed by atoms with E-state index in [0.29, 0.717) is 29.1 Å². The summed E-state index contributed by atoms with van der Waals surface area (Å²) >= 11 is 0. The quantitative estimate of drug-likeness (QED) is 0.729. The van der Waals surface area contributed by atoms with Gasteiger partial charge in [-0.25, -0.2) is 14.8 Å². The Balaban J connectivity index is 0.00000208. The molecule has 0 fully saturated rings. The summed E-state index contributed by atoms with van der Waals surface area (Å²) in [5.74, 6) is 0.0845. The van der Waals surface area contributed by atoms with E-state index in [4.69, 9.17) is 4.74 Å². The molecule has 0 unspecified atom stereocenters. The third-order valence-corrected chi connectivity index (χ3v) is 3.33. The normalized spacial score (nSPS) is 10.0. The molecule has 0 radical (unpaired) electrons. The maximum Gasteiger partial charge on any atom is 0.336 e. The van der Waals surface area contributed by atoms with Crippen LogP contribution in [-0.4, -0.2) is 27.7 Å². The van der Waals surface area contributed by atoms with Gasteiger partial charge >= 0.3 is 5.97 Å². The van der Waals surface area contributed by atoms with Gasteiger partial charge in [-0.1, -0.05) is 18.2 Å². The molecule has 2 aromatic carbocycles. The number of hydrogen-bond acceptors (Lipinski definition) is 5. The lowest BCUT2D eigenvalue weighted by Crippen LogP contribution is -2.04. The average molecular weight is 346 g/mol. The van der Waals surface area contributed by atoms with E-state index in [9.17, 15) is 9.90 Å². The molecule has 0 saturated carbocycles. The molecule has 1 heterocycles. The summed E-state index contributed by atoms with van der Waals surface area (Å²) in [7, 11) is 0. The fourth-order valence-electron chi connectivity index (χ4n) is 2.36. The Hall–Kier alpha value is -2.86. The van der Waals surface area contributed by atoms with Crippen LogP contribution in [0.5, 0.6) is 5.75 Å². The molecule has 0 bridgehead atoms. The number of aromatic carboxylic acids is 1. The van der Waals surface area contributed by atoms with Gasteiger partial charge in [-0.15, -0.1) is 12.4 Å². The zero-order chi connectivity index (χ0) is 16.2. The van der Waals surface area contributed by atoms with Crippen LogP contribution in [0.15, 0.2) is 48.8 Å². The molecule has 0 aliphatic rings. The lowest BCUT2D eigenvalue weighted by Gasteiger charge is -2.13. The van der Waals surface area contributed by atoms with E-state index in [1.54, 1.807) is 12.1 Å². The van der Waals surface area contributed by atoms with Crippen molar-refractivity contribution < 1.29 is 14.6 Å². The Morgan fingerprint density at radius 2 is 1.96 bits per heavy atom.